The van der Waals surface area contributed by atoms with Crippen LogP contribution >= 0.6 is 0 Å². The van der Waals surface area contributed by atoms with Gasteiger partial charge in [0.1, 0.15) is 17.9 Å². The molecule has 1 saturated heterocycles. The van der Waals surface area contributed by atoms with Crippen LogP contribution in [-0.4, -0.2) is 84.3 Å². The van der Waals surface area contributed by atoms with Crippen LogP contribution in [0.4, 0.5) is 16.3 Å². The fourth-order valence-electron chi connectivity index (χ4n) is 5.02. The Balaban J connectivity index is 1.64. The Morgan fingerprint density at radius 2 is 2.02 bits per heavy atom. The molecule has 3 aromatic rings. The highest BCUT2D eigenvalue weighted by atomic mass is 32.2. The number of methoxy groups -OCH3 is 1. The fourth-order valence-corrected chi connectivity index (χ4v) is 5.54. The average molecular weight is 569 g/mol. The van der Waals surface area contributed by atoms with Gasteiger partial charge in [0.25, 0.3) is 0 Å². The number of piperidine rings is 1. The standard InChI is InChI=1S/C27H32N6O6S/c1-4-12-33(27(35)36)23-11-13-32(16-21(23)26(34)31-40(3,37)38)15-18-7-5-10-22-24(18)25(29-17-28-22)30-19-8-6-9-20(14-19)39-2/h4-10,14,17,21,23H,1,11-13,15-16H2,2-3H3,(H,31,34)(H,35,36)(H,28,29,30)/t21-,23-/m1/s1. The smallest absolute Gasteiger partial charge is 0.407 e. The Morgan fingerprint density at radius 1 is 1.25 bits per heavy atom. The molecule has 0 radical (unpaired) electrons. The minimum atomic E-state index is -3.84. The Labute approximate surface area is 232 Å². The molecule has 212 valence electrons. The van der Waals surface area contributed by atoms with Gasteiger partial charge in [0.05, 0.1) is 24.8 Å². The number of sulfonamides is 1. The van der Waals surface area contributed by atoms with Crippen molar-refractivity contribution in [2.45, 2.75) is 19.0 Å². The van der Waals surface area contributed by atoms with Gasteiger partial charge in [0, 0.05) is 49.4 Å². The van der Waals surface area contributed by atoms with E-state index in [-0.39, 0.29) is 13.1 Å². The topological polar surface area (TPSA) is 154 Å². The maximum atomic E-state index is 13.1. The molecule has 2 atom stereocenters. The number of aromatic nitrogens is 2. The summed E-state index contributed by atoms with van der Waals surface area (Å²) in [6, 6.07) is 12.5. The van der Waals surface area contributed by atoms with E-state index in [9.17, 15) is 23.1 Å². The van der Waals surface area contributed by atoms with Crippen molar-refractivity contribution < 1.29 is 27.9 Å². The molecular formula is C27H32N6O6S. The zero-order chi connectivity index (χ0) is 28.9. The molecule has 3 N–H and O–H groups in total. The van der Waals surface area contributed by atoms with E-state index in [1.165, 1.54) is 12.4 Å². The van der Waals surface area contributed by atoms with Gasteiger partial charge in [0.2, 0.25) is 15.9 Å². The van der Waals surface area contributed by atoms with Gasteiger partial charge in [-0.2, -0.15) is 0 Å². The number of nitrogens with zero attached hydrogens (tertiary/aromatic N) is 4. The van der Waals surface area contributed by atoms with Crippen molar-refractivity contribution in [3.8, 4) is 5.75 Å². The molecule has 2 amide bonds. The van der Waals surface area contributed by atoms with Gasteiger partial charge in [-0.1, -0.05) is 24.3 Å². The minimum absolute atomic E-state index is 0.0165. The molecule has 0 bridgehead atoms. The van der Waals surface area contributed by atoms with Crippen molar-refractivity contribution in [3.05, 3.63) is 67.0 Å². The van der Waals surface area contributed by atoms with Gasteiger partial charge in [-0.3, -0.25) is 14.4 Å². The van der Waals surface area contributed by atoms with Gasteiger partial charge in [-0.05, 0) is 30.2 Å². The van der Waals surface area contributed by atoms with Crippen LogP contribution < -0.4 is 14.8 Å². The van der Waals surface area contributed by atoms with Gasteiger partial charge in [-0.25, -0.2) is 23.2 Å². The first-order valence-corrected chi connectivity index (χ1v) is 14.5. The molecule has 40 heavy (non-hydrogen) atoms. The van der Waals surface area contributed by atoms with E-state index in [0.717, 1.165) is 33.3 Å². The van der Waals surface area contributed by atoms with Crippen LogP contribution in [0.5, 0.6) is 5.75 Å². The predicted molar refractivity (Wildman–Crippen MR) is 151 cm³/mol. The number of likely N-dealkylation sites (tertiary alicyclic amines) is 1. The summed E-state index contributed by atoms with van der Waals surface area (Å²) in [6.45, 7) is 4.67. The van der Waals surface area contributed by atoms with Crippen LogP contribution in [0.2, 0.25) is 0 Å². The van der Waals surface area contributed by atoms with Crippen LogP contribution in [0.25, 0.3) is 10.9 Å². The van der Waals surface area contributed by atoms with Crippen molar-refractivity contribution in [2.75, 3.05) is 38.3 Å². The number of carbonyl (C=O) groups excluding carboxylic acids is 1. The molecule has 2 aromatic carbocycles. The Morgan fingerprint density at radius 3 is 2.73 bits per heavy atom. The number of rotatable bonds is 10. The van der Waals surface area contributed by atoms with Crippen LogP contribution in [-0.2, 0) is 21.4 Å². The van der Waals surface area contributed by atoms with Gasteiger partial charge in [0.15, 0.2) is 0 Å². The maximum Gasteiger partial charge on any atom is 0.407 e. The third-order valence-corrected chi connectivity index (χ3v) is 7.30. The number of fused-ring (bicyclic) bond motifs is 1. The Hall–Kier alpha value is -4.23. The molecular weight excluding hydrogens is 536 g/mol. The number of anilines is 2. The van der Waals surface area contributed by atoms with E-state index in [4.69, 9.17) is 4.74 Å². The highest BCUT2D eigenvalue weighted by Crippen LogP contribution is 2.30. The summed E-state index contributed by atoms with van der Waals surface area (Å²) in [5, 5.41) is 13.9. The molecule has 0 saturated carbocycles. The summed E-state index contributed by atoms with van der Waals surface area (Å²) in [7, 11) is -2.24. The van der Waals surface area contributed by atoms with Crippen LogP contribution in [0.3, 0.4) is 0 Å². The van der Waals surface area contributed by atoms with E-state index >= 15 is 0 Å². The number of carboxylic acid groups (broad SMARTS) is 1. The number of benzene rings is 2. The van der Waals surface area contributed by atoms with E-state index in [1.54, 1.807) is 7.11 Å². The Bertz CT molecular complexity index is 1510. The lowest BCUT2D eigenvalue weighted by Crippen LogP contribution is -2.57. The quantitative estimate of drug-likeness (QED) is 0.311. The second-order valence-electron chi connectivity index (χ2n) is 9.55. The van der Waals surface area contributed by atoms with Gasteiger partial charge in [-0.15, -0.1) is 6.58 Å². The lowest BCUT2D eigenvalue weighted by atomic mass is 9.89. The lowest BCUT2D eigenvalue weighted by Gasteiger charge is -2.41. The molecule has 1 aromatic heterocycles. The third kappa shape index (κ3) is 6.85. The average Bonchev–Trinajstić information content (AvgIpc) is 2.91. The largest absolute Gasteiger partial charge is 0.497 e. The molecule has 2 heterocycles. The van der Waals surface area contributed by atoms with Crippen LogP contribution in [0.1, 0.15) is 12.0 Å². The molecule has 1 aliphatic heterocycles. The number of carbonyl (C=O) groups is 2. The number of ether oxygens (including phenoxy) is 1. The summed E-state index contributed by atoms with van der Waals surface area (Å²) in [6.07, 6.45) is 2.95. The molecule has 13 heteroatoms. The van der Waals surface area contributed by atoms with E-state index in [2.05, 4.69) is 21.9 Å². The molecule has 12 nitrogen and oxygen atoms in total. The predicted octanol–water partition coefficient (Wildman–Crippen LogP) is 2.81. The van der Waals surface area contributed by atoms with Crippen LogP contribution in [0.15, 0.2) is 61.4 Å². The number of nitrogens with one attached hydrogen (secondary N) is 2. The minimum Gasteiger partial charge on any atom is -0.497 e. The number of hydrogen-bond acceptors (Lipinski definition) is 9. The Kier molecular flexibility index (Phi) is 8.85. The van der Waals surface area contributed by atoms with E-state index < -0.39 is 34.0 Å². The molecule has 1 fully saturated rings. The van der Waals surface area contributed by atoms with Crippen molar-refractivity contribution in [1.29, 1.82) is 0 Å². The summed E-state index contributed by atoms with van der Waals surface area (Å²) in [4.78, 5) is 37.1. The highest BCUT2D eigenvalue weighted by Gasteiger charge is 2.40. The monoisotopic (exact) mass is 568 g/mol. The van der Waals surface area contributed by atoms with Gasteiger partial charge < -0.3 is 20.1 Å². The van der Waals surface area contributed by atoms with Crippen molar-refractivity contribution in [3.63, 3.8) is 0 Å². The van der Waals surface area contributed by atoms with Crippen molar-refractivity contribution >= 4 is 44.4 Å². The van der Waals surface area contributed by atoms with E-state index in [1.807, 2.05) is 52.1 Å². The molecule has 0 spiro atoms. The maximum absolute atomic E-state index is 13.1. The number of hydrogen-bond donors (Lipinski definition) is 3. The summed E-state index contributed by atoms with van der Waals surface area (Å²) >= 11 is 0. The highest BCUT2D eigenvalue weighted by molar-refractivity contribution is 7.89. The van der Waals surface area contributed by atoms with Gasteiger partial charge >= 0.3 is 6.09 Å². The summed E-state index contributed by atoms with van der Waals surface area (Å²) in [5.41, 5.74) is 2.40. The fraction of sp³-hybridized carbons (Fsp3) is 0.333. The zero-order valence-corrected chi connectivity index (χ0v) is 23.1. The molecule has 0 unspecified atom stereocenters. The van der Waals surface area contributed by atoms with E-state index in [0.29, 0.717) is 31.1 Å². The molecule has 4 rings (SSSR count). The second-order valence-corrected chi connectivity index (χ2v) is 11.3. The summed E-state index contributed by atoms with van der Waals surface area (Å²) in [5.74, 6) is -0.371. The third-order valence-electron chi connectivity index (χ3n) is 6.73. The van der Waals surface area contributed by atoms with Crippen molar-refractivity contribution in [1.82, 2.24) is 24.5 Å². The lowest BCUT2D eigenvalue weighted by molar-refractivity contribution is -0.127. The summed E-state index contributed by atoms with van der Waals surface area (Å²) < 4.78 is 31.1. The number of amides is 2. The first kappa shape index (κ1) is 28.8. The normalized spacial score (nSPS) is 17.6. The zero-order valence-electron chi connectivity index (χ0n) is 22.3. The SMILES string of the molecule is C=CCN(C(=O)O)[C@@H]1CCN(Cc2cccc3ncnc(Nc4cccc(OC)c4)c23)C[C@H]1C(=O)NS(C)(=O)=O. The molecule has 1 aliphatic rings. The second kappa shape index (κ2) is 12.3. The first-order valence-electron chi connectivity index (χ1n) is 12.6. The van der Waals surface area contributed by atoms with Crippen LogP contribution in [0, 0.1) is 5.92 Å². The first-order chi connectivity index (χ1) is 19.1. The molecule has 0 aliphatic carbocycles. The van der Waals surface area contributed by atoms with Crippen molar-refractivity contribution in [2.24, 2.45) is 5.92 Å².